The number of aromatic nitrogens is 2. The van der Waals surface area contributed by atoms with Crippen LogP contribution in [0.15, 0.2) is 29.2 Å². The lowest BCUT2D eigenvalue weighted by Gasteiger charge is -2.11. The first-order chi connectivity index (χ1) is 11.5. The normalized spacial score (nSPS) is 14.4. The van der Waals surface area contributed by atoms with E-state index in [2.05, 4.69) is 9.71 Å². The number of rotatable bonds is 6. The molecule has 1 aliphatic carbocycles. The van der Waals surface area contributed by atoms with Gasteiger partial charge in [-0.05, 0) is 56.9 Å². The van der Waals surface area contributed by atoms with Gasteiger partial charge in [-0.15, -0.1) is 0 Å². The summed E-state index contributed by atoms with van der Waals surface area (Å²) in [6, 6.07) is 6.43. The zero-order valence-corrected chi connectivity index (χ0v) is 14.9. The van der Waals surface area contributed by atoms with Gasteiger partial charge in [-0.3, -0.25) is 0 Å². The third-order valence-corrected chi connectivity index (χ3v) is 5.75. The van der Waals surface area contributed by atoms with E-state index in [9.17, 15) is 8.42 Å². The SMILES string of the molecule is CCOc1ccc(S(=O)(=O)NCc2nc3c(n2C)CCCC3)cc1. The molecule has 6 nitrogen and oxygen atoms in total. The number of aryl methyl sites for hydroxylation is 1. The lowest BCUT2D eigenvalue weighted by atomic mass is 10.0. The van der Waals surface area contributed by atoms with Gasteiger partial charge >= 0.3 is 0 Å². The molecule has 1 N–H and O–H groups in total. The van der Waals surface area contributed by atoms with Crippen LogP contribution in [0.25, 0.3) is 0 Å². The number of ether oxygens (including phenoxy) is 1. The van der Waals surface area contributed by atoms with Crippen molar-refractivity contribution in [2.45, 2.75) is 44.0 Å². The summed E-state index contributed by atoms with van der Waals surface area (Å²) in [4.78, 5) is 4.83. The minimum absolute atomic E-state index is 0.193. The van der Waals surface area contributed by atoms with E-state index in [-0.39, 0.29) is 11.4 Å². The molecule has 0 bridgehead atoms. The van der Waals surface area contributed by atoms with E-state index in [4.69, 9.17) is 4.74 Å². The van der Waals surface area contributed by atoms with Crippen LogP contribution < -0.4 is 9.46 Å². The van der Waals surface area contributed by atoms with Crippen molar-refractivity contribution in [1.82, 2.24) is 14.3 Å². The Labute approximate surface area is 142 Å². The maximum Gasteiger partial charge on any atom is 0.240 e. The molecule has 0 spiro atoms. The molecule has 0 unspecified atom stereocenters. The van der Waals surface area contributed by atoms with Crippen LogP contribution in [0.2, 0.25) is 0 Å². The molecule has 0 fully saturated rings. The highest BCUT2D eigenvalue weighted by molar-refractivity contribution is 7.89. The molecule has 7 heteroatoms. The van der Waals surface area contributed by atoms with Gasteiger partial charge in [-0.2, -0.15) is 0 Å². The zero-order valence-electron chi connectivity index (χ0n) is 14.1. The summed E-state index contributed by atoms with van der Waals surface area (Å²) in [7, 11) is -1.61. The smallest absolute Gasteiger partial charge is 0.240 e. The van der Waals surface area contributed by atoms with Crippen LogP contribution in [0, 0.1) is 0 Å². The number of hydrogen-bond donors (Lipinski definition) is 1. The van der Waals surface area contributed by atoms with Crippen molar-refractivity contribution < 1.29 is 13.2 Å². The second-order valence-corrected chi connectivity index (χ2v) is 7.68. The Kier molecular flexibility index (Phi) is 4.91. The Hall–Kier alpha value is -1.86. The third kappa shape index (κ3) is 3.47. The minimum atomic E-state index is -3.57. The molecule has 24 heavy (non-hydrogen) atoms. The van der Waals surface area contributed by atoms with Gasteiger partial charge in [0.05, 0.1) is 23.7 Å². The number of sulfonamides is 1. The van der Waals surface area contributed by atoms with Crippen LogP contribution in [0.4, 0.5) is 0 Å². The predicted octanol–water partition coefficient (Wildman–Crippen LogP) is 2.18. The average molecular weight is 349 g/mol. The van der Waals surface area contributed by atoms with Gasteiger partial charge < -0.3 is 9.30 Å². The molecule has 2 aromatic rings. The summed E-state index contributed by atoms with van der Waals surface area (Å²) in [6.07, 6.45) is 4.32. The van der Waals surface area contributed by atoms with Gasteiger partial charge in [-0.1, -0.05) is 0 Å². The number of benzene rings is 1. The molecule has 0 saturated carbocycles. The maximum atomic E-state index is 12.4. The molecule has 0 saturated heterocycles. The van der Waals surface area contributed by atoms with Gasteiger partial charge in [-0.25, -0.2) is 18.1 Å². The van der Waals surface area contributed by atoms with E-state index in [0.29, 0.717) is 12.4 Å². The van der Waals surface area contributed by atoms with Crippen LogP contribution in [0.1, 0.15) is 37.0 Å². The van der Waals surface area contributed by atoms with Crippen LogP contribution in [0.5, 0.6) is 5.75 Å². The monoisotopic (exact) mass is 349 g/mol. The number of nitrogens with zero attached hydrogens (tertiary/aromatic N) is 2. The van der Waals surface area contributed by atoms with Crippen LogP contribution in [-0.2, 0) is 36.5 Å². The highest BCUT2D eigenvalue weighted by atomic mass is 32.2. The Bertz CT molecular complexity index is 810. The summed E-state index contributed by atoms with van der Waals surface area (Å²) >= 11 is 0. The molecule has 1 heterocycles. The van der Waals surface area contributed by atoms with Gasteiger partial charge in [0.25, 0.3) is 0 Å². The van der Waals surface area contributed by atoms with E-state index in [1.54, 1.807) is 24.3 Å². The standard InChI is InChI=1S/C17H23N3O3S/c1-3-23-13-8-10-14(11-9-13)24(21,22)18-12-17-19-15-6-4-5-7-16(15)20(17)2/h8-11,18H,3-7,12H2,1-2H3. The maximum absolute atomic E-state index is 12.4. The Balaban J connectivity index is 1.72. The molecule has 1 aromatic heterocycles. The van der Waals surface area contributed by atoms with Crippen LogP contribution in [0.3, 0.4) is 0 Å². The van der Waals surface area contributed by atoms with Gasteiger partial charge in [0.2, 0.25) is 10.0 Å². The number of imidazole rings is 1. The lowest BCUT2D eigenvalue weighted by Crippen LogP contribution is -2.24. The Morgan fingerprint density at radius 2 is 1.92 bits per heavy atom. The molecule has 3 rings (SSSR count). The topological polar surface area (TPSA) is 73.2 Å². The fourth-order valence-corrected chi connectivity index (χ4v) is 4.00. The van der Waals surface area contributed by atoms with E-state index < -0.39 is 10.0 Å². The molecule has 1 aromatic carbocycles. The number of hydrogen-bond acceptors (Lipinski definition) is 4. The summed E-state index contributed by atoms with van der Waals surface area (Å²) in [6.45, 7) is 2.63. The molecule has 1 aliphatic rings. The molecule has 0 aliphatic heterocycles. The second-order valence-electron chi connectivity index (χ2n) is 5.92. The largest absolute Gasteiger partial charge is 0.494 e. The fourth-order valence-electron chi connectivity index (χ4n) is 3.02. The van der Waals surface area contributed by atoms with Crippen LogP contribution in [-0.4, -0.2) is 24.6 Å². The molecular formula is C17H23N3O3S. The van der Waals surface area contributed by atoms with Crippen molar-refractivity contribution in [1.29, 1.82) is 0 Å². The summed E-state index contributed by atoms with van der Waals surface area (Å²) in [5, 5.41) is 0. The molecular weight excluding hydrogens is 326 g/mol. The third-order valence-electron chi connectivity index (χ3n) is 4.33. The van der Waals surface area contributed by atoms with E-state index in [1.165, 1.54) is 12.1 Å². The fraction of sp³-hybridized carbons (Fsp3) is 0.471. The molecule has 0 atom stereocenters. The van der Waals surface area contributed by atoms with Crippen molar-refractivity contribution in [2.75, 3.05) is 6.61 Å². The first-order valence-electron chi connectivity index (χ1n) is 8.27. The zero-order chi connectivity index (χ0) is 17.2. The van der Waals surface area contributed by atoms with Crippen molar-refractivity contribution in [3.05, 3.63) is 41.5 Å². The lowest BCUT2D eigenvalue weighted by molar-refractivity contribution is 0.340. The van der Waals surface area contributed by atoms with E-state index in [0.717, 1.165) is 30.8 Å². The second kappa shape index (κ2) is 6.94. The van der Waals surface area contributed by atoms with Crippen molar-refractivity contribution >= 4 is 10.0 Å². The molecule has 0 radical (unpaired) electrons. The highest BCUT2D eigenvalue weighted by Gasteiger charge is 2.20. The van der Waals surface area contributed by atoms with Gasteiger partial charge in [0, 0.05) is 12.7 Å². The first kappa shape index (κ1) is 17.0. The first-order valence-corrected chi connectivity index (χ1v) is 9.75. The number of nitrogens with one attached hydrogen (secondary N) is 1. The summed E-state index contributed by atoms with van der Waals surface area (Å²) < 4.78 is 34.9. The van der Waals surface area contributed by atoms with Crippen molar-refractivity contribution in [3.63, 3.8) is 0 Å². The Morgan fingerprint density at radius 3 is 2.58 bits per heavy atom. The summed E-state index contributed by atoms with van der Waals surface area (Å²) in [5.41, 5.74) is 2.34. The average Bonchev–Trinajstić information content (AvgIpc) is 2.91. The van der Waals surface area contributed by atoms with Crippen molar-refractivity contribution in [3.8, 4) is 5.75 Å². The van der Waals surface area contributed by atoms with Crippen LogP contribution >= 0.6 is 0 Å². The quantitative estimate of drug-likeness (QED) is 0.867. The summed E-state index contributed by atoms with van der Waals surface area (Å²) in [5.74, 6) is 1.42. The molecule has 130 valence electrons. The predicted molar refractivity (Wildman–Crippen MR) is 91.5 cm³/mol. The minimum Gasteiger partial charge on any atom is -0.494 e. The van der Waals surface area contributed by atoms with E-state index in [1.807, 2.05) is 18.5 Å². The van der Waals surface area contributed by atoms with Gasteiger partial charge in [0.15, 0.2) is 0 Å². The number of fused-ring (bicyclic) bond motifs is 1. The Morgan fingerprint density at radius 1 is 1.21 bits per heavy atom. The van der Waals surface area contributed by atoms with Gasteiger partial charge in [0.1, 0.15) is 11.6 Å². The van der Waals surface area contributed by atoms with Crippen molar-refractivity contribution in [2.24, 2.45) is 7.05 Å². The van der Waals surface area contributed by atoms with E-state index >= 15 is 0 Å². The molecule has 0 amide bonds. The highest BCUT2D eigenvalue weighted by Crippen LogP contribution is 2.21.